The van der Waals surface area contributed by atoms with E-state index in [2.05, 4.69) is 4.99 Å². The first-order valence-electron chi connectivity index (χ1n) is 7.27. The molecule has 130 valence electrons. The highest BCUT2D eigenvalue weighted by atomic mass is 16.6. The number of hydrogen-bond donors (Lipinski definition) is 2. The molecule has 0 saturated carbocycles. The number of nitrogens with zero attached hydrogens (tertiary/aromatic N) is 2. The molecule has 8 nitrogen and oxygen atoms in total. The van der Waals surface area contributed by atoms with Gasteiger partial charge in [0.1, 0.15) is 5.75 Å². The molecule has 2 aromatic carbocycles. The van der Waals surface area contributed by atoms with Crippen LogP contribution in [0.25, 0.3) is 0 Å². The van der Waals surface area contributed by atoms with Crippen LogP contribution in [0.2, 0.25) is 0 Å². The summed E-state index contributed by atoms with van der Waals surface area (Å²) in [6, 6.07) is 9.35. The number of rotatable bonds is 6. The Morgan fingerprint density at radius 3 is 2.64 bits per heavy atom. The van der Waals surface area contributed by atoms with Crippen molar-refractivity contribution < 1.29 is 24.7 Å². The average Bonchev–Trinajstić information content (AvgIpc) is 2.60. The molecule has 0 aliphatic carbocycles. The van der Waals surface area contributed by atoms with Gasteiger partial charge in [0.2, 0.25) is 0 Å². The SMILES string of the molecule is COC(=O)C(Cc1ccc(O)c([N+](=O)[O-])c1)N=Cc1ccccc1O. The van der Waals surface area contributed by atoms with E-state index in [9.17, 15) is 25.1 Å². The summed E-state index contributed by atoms with van der Waals surface area (Å²) in [7, 11) is 1.21. The number of aromatic hydroxyl groups is 2. The number of carbonyl (C=O) groups excluding carboxylic acids is 1. The Balaban J connectivity index is 2.27. The number of phenolic OH excluding ortho intramolecular Hbond substituents is 2. The third kappa shape index (κ3) is 4.54. The van der Waals surface area contributed by atoms with Crippen molar-refractivity contribution in [3.05, 3.63) is 63.7 Å². The Morgan fingerprint density at radius 1 is 1.28 bits per heavy atom. The molecular formula is C17H16N2O6. The fourth-order valence-corrected chi connectivity index (χ4v) is 2.17. The lowest BCUT2D eigenvalue weighted by molar-refractivity contribution is -0.385. The first kappa shape index (κ1) is 17.9. The summed E-state index contributed by atoms with van der Waals surface area (Å²) in [5.41, 5.74) is 0.410. The van der Waals surface area contributed by atoms with E-state index >= 15 is 0 Å². The van der Waals surface area contributed by atoms with Gasteiger partial charge in [0.05, 0.1) is 12.0 Å². The fourth-order valence-electron chi connectivity index (χ4n) is 2.17. The molecule has 0 heterocycles. The molecular weight excluding hydrogens is 328 g/mol. The molecule has 1 unspecified atom stereocenters. The van der Waals surface area contributed by atoms with E-state index in [1.165, 1.54) is 37.6 Å². The quantitative estimate of drug-likeness (QED) is 0.358. The van der Waals surface area contributed by atoms with Gasteiger partial charge in [-0.15, -0.1) is 0 Å². The van der Waals surface area contributed by atoms with E-state index in [4.69, 9.17) is 4.74 Å². The smallest absolute Gasteiger partial charge is 0.330 e. The first-order valence-corrected chi connectivity index (χ1v) is 7.27. The first-order chi connectivity index (χ1) is 11.9. The van der Waals surface area contributed by atoms with Crippen LogP contribution < -0.4 is 0 Å². The van der Waals surface area contributed by atoms with Gasteiger partial charge in [-0.25, -0.2) is 4.79 Å². The third-order valence-corrected chi connectivity index (χ3v) is 3.47. The van der Waals surface area contributed by atoms with Gasteiger partial charge in [-0.3, -0.25) is 15.1 Å². The summed E-state index contributed by atoms with van der Waals surface area (Å²) in [5.74, 6) is -1.07. The lowest BCUT2D eigenvalue weighted by Gasteiger charge is -2.10. The highest BCUT2D eigenvalue weighted by molar-refractivity contribution is 5.86. The fraction of sp³-hybridized carbons (Fsp3) is 0.176. The van der Waals surface area contributed by atoms with Crippen molar-refractivity contribution in [2.24, 2.45) is 4.99 Å². The minimum absolute atomic E-state index is 0.00939. The number of nitro benzene ring substituents is 1. The number of ether oxygens (including phenoxy) is 1. The van der Waals surface area contributed by atoms with E-state index in [1.807, 2.05) is 0 Å². The van der Waals surface area contributed by atoms with Gasteiger partial charge in [-0.1, -0.05) is 18.2 Å². The number of carbonyl (C=O) groups is 1. The third-order valence-electron chi connectivity index (χ3n) is 3.47. The number of esters is 1. The Kier molecular flexibility index (Phi) is 5.67. The Bertz CT molecular complexity index is 819. The maximum Gasteiger partial charge on any atom is 0.330 e. The molecule has 2 rings (SSSR count). The van der Waals surface area contributed by atoms with Crippen molar-refractivity contribution in [2.75, 3.05) is 7.11 Å². The second-order valence-corrected chi connectivity index (χ2v) is 5.16. The summed E-state index contributed by atoms with van der Waals surface area (Å²) in [5, 5.41) is 30.1. The molecule has 0 aliphatic rings. The summed E-state index contributed by atoms with van der Waals surface area (Å²) in [6.07, 6.45) is 1.38. The molecule has 1 atom stereocenters. The maximum atomic E-state index is 11.9. The van der Waals surface area contributed by atoms with Gasteiger partial charge in [-0.05, 0) is 23.8 Å². The van der Waals surface area contributed by atoms with Crippen LogP contribution in [0.15, 0.2) is 47.5 Å². The molecule has 2 N–H and O–H groups in total. The van der Waals surface area contributed by atoms with E-state index in [1.54, 1.807) is 18.2 Å². The number of hydrogen-bond acceptors (Lipinski definition) is 7. The molecule has 0 amide bonds. The molecule has 0 saturated heterocycles. The molecule has 0 spiro atoms. The van der Waals surface area contributed by atoms with Crippen molar-refractivity contribution in [2.45, 2.75) is 12.5 Å². The second-order valence-electron chi connectivity index (χ2n) is 5.16. The van der Waals surface area contributed by atoms with Crippen molar-refractivity contribution in [1.29, 1.82) is 0 Å². The highest BCUT2D eigenvalue weighted by Gasteiger charge is 2.21. The molecule has 0 aromatic heterocycles. The summed E-state index contributed by atoms with van der Waals surface area (Å²) < 4.78 is 4.71. The summed E-state index contributed by atoms with van der Waals surface area (Å²) in [6.45, 7) is 0. The Morgan fingerprint density at radius 2 is 2.00 bits per heavy atom. The van der Waals surface area contributed by atoms with Crippen LogP contribution in [0.4, 0.5) is 5.69 Å². The standard InChI is InChI=1S/C17H16N2O6/c1-25-17(22)13(18-10-12-4-2-3-5-15(12)20)8-11-6-7-16(21)14(9-11)19(23)24/h2-7,9-10,13,20-21H,8H2,1H3. The number of nitro groups is 1. The van der Waals surface area contributed by atoms with Crippen molar-refractivity contribution in [3.8, 4) is 11.5 Å². The van der Waals surface area contributed by atoms with Crippen molar-refractivity contribution in [3.63, 3.8) is 0 Å². The minimum Gasteiger partial charge on any atom is -0.507 e. The zero-order chi connectivity index (χ0) is 18.4. The molecule has 0 bridgehead atoms. The Hall–Kier alpha value is -3.42. The van der Waals surface area contributed by atoms with Gasteiger partial charge in [0, 0.05) is 24.3 Å². The zero-order valence-electron chi connectivity index (χ0n) is 13.3. The molecule has 0 radical (unpaired) electrons. The topological polar surface area (TPSA) is 122 Å². The zero-order valence-corrected chi connectivity index (χ0v) is 13.3. The molecule has 0 fully saturated rings. The Labute approximate surface area is 143 Å². The molecule has 8 heteroatoms. The lowest BCUT2D eigenvalue weighted by Crippen LogP contribution is -2.23. The van der Waals surface area contributed by atoms with E-state index in [0.29, 0.717) is 11.1 Å². The normalized spacial score (nSPS) is 12.0. The van der Waals surface area contributed by atoms with Crippen LogP contribution in [0.3, 0.4) is 0 Å². The van der Waals surface area contributed by atoms with Crippen molar-refractivity contribution >= 4 is 17.9 Å². The number of para-hydroxylation sites is 1. The number of aliphatic imine (C=N–C) groups is 1. The van der Waals surface area contributed by atoms with Crippen LogP contribution >= 0.6 is 0 Å². The van der Waals surface area contributed by atoms with Crippen LogP contribution in [0.5, 0.6) is 11.5 Å². The van der Waals surface area contributed by atoms with Gasteiger partial charge < -0.3 is 14.9 Å². The number of benzene rings is 2. The number of methoxy groups -OCH3 is 1. The molecule has 25 heavy (non-hydrogen) atoms. The number of phenols is 2. The van der Waals surface area contributed by atoms with Gasteiger partial charge in [0.15, 0.2) is 11.8 Å². The van der Waals surface area contributed by atoms with Crippen LogP contribution in [-0.4, -0.2) is 40.5 Å². The van der Waals surface area contributed by atoms with Gasteiger partial charge in [0.25, 0.3) is 0 Å². The van der Waals surface area contributed by atoms with Crippen LogP contribution in [-0.2, 0) is 16.0 Å². The van der Waals surface area contributed by atoms with Gasteiger partial charge >= 0.3 is 11.7 Å². The largest absolute Gasteiger partial charge is 0.507 e. The summed E-state index contributed by atoms with van der Waals surface area (Å²) >= 11 is 0. The van der Waals surface area contributed by atoms with Crippen LogP contribution in [0, 0.1) is 10.1 Å². The minimum atomic E-state index is -0.950. The monoisotopic (exact) mass is 344 g/mol. The predicted molar refractivity (Wildman–Crippen MR) is 90.0 cm³/mol. The molecule has 2 aromatic rings. The van der Waals surface area contributed by atoms with E-state index < -0.39 is 28.4 Å². The van der Waals surface area contributed by atoms with Gasteiger partial charge in [-0.2, -0.15) is 0 Å². The van der Waals surface area contributed by atoms with Crippen molar-refractivity contribution in [1.82, 2.24) is 0 Å². The average molecular weight is 344 g/mol. The predicted octanol–water partition coefficient (Wildman–Crippen LogP) is 2.21. The van der Waals surface area contributed by atoms with Crippen LogP contribution in [0.1, 0.15) is 11.1 Å². The highest BCUT2D eigenvalue weighted by Crippen LogP contribution is 2.27. The second kappa shape index (κ2) is 7.91. The van der Waals surface area contributed by atoms with E-state index in [0.717, 1.165) is 0 Å². The maximum absolute atomic E-state index is 11.9. The summed E-state index contributed by atoms with van der Waals surface area (Å²) in [4.78, 5) is 26.2. The lowest BCUT2D eigenvalue weighted by atomic mass is 10.1. The molecule has 0 aliphatic heterocycles. The van der Waals surface area contributed by atoms with E-state index in [-0.39, 0.29) is 12.2 Å².